The number of fused-ring (bicyclic) bond motifs is 4. The van der Waals surface area contributed by atoms with Gasteiger partial charge in [-0.15, -0.1) is 29.7 Å². The predicted octanol–water partition coefficient (Wildman–Crippen LogP) is 16.8. The van der Waals surface area contributed by atoms with Crippen LogP contribution in [0, 0.1) is 25.3 Å². The molecule has 11 aromatic rings. The molecular weight excluding hydrogens is 1070 g/mol. The molecule has 3 heterocycles. The molecule has 0 atom stereocenters. The standard InChI is InChI=1S/C67H60N4O.Pt/c1-44-36-57(46-18-12-11-13-19-46)64(58(37-44)48-20-16-21-50(38-48)66(5,6)7)70-43-69(62-39-47(28-33-60(62)70)45-26-29-49(30-27-45)65(2,3)4)52-22-17-23-53(41-52)72-54-31-32-56-55-24-14-15-25-59(55)71(61(56)42-54)63-40-51(34-35-68-63)67(8,9)10;/h11-40H,1-10H3;/q-2;/i1D3,11D,12D,13D,18D,19D;. The van der Waals surface area contributed by atoms with E-state index in [1.165, 1.54) is 11.6 Å². The average molecular weight is 1140 g/mol. The van der Waals surface area contributed by atoms with Gasteiger partial charge in [-0.25, -0.2) is 4.98 Å². The first-order valence-electron chi connectivity index (χ1n) is 28.4. The third-order valence-electron chi connectivity index (χ3n) is 13.5. The number of nitrogens with zero attached hydrogens (tertiary/aromatic N) is 4. The smallest absolute Gasteiger partial charge is 0.268 e. The van der Waals surface area contributed by atoms with E-state index in [2.05, 4.69) is 140 Å². The van der Waals surface area contributed by atoms with E-state index in [0.717, 1.165) is 49.9 Å². The zero-order chi connectivity index (χ0) is 57.0. The summed E-state index contributed by atoms with van der Waals surface area (Å²) in [5, 5.41) is 2.05. The molecule has 0 aliphatic carbocycles. The second-order valence-corrected chi connectivity index (χ2v) is 21.6. The second kappa shape index (κ2) is 18.9. The molecule has 0 aliphatic heterocycles. The summed E-state index contributed by atoms with van der Waals surface area (Å²) in [7, 11) is 0. The van der Waals surface area contributed by atoms with Crippen LogP contribution in [0.3, 0.4) is 0 Å². The summed E-state index contributed by atoms with van der Waals surface area (Å²) in [6, 6.07) is 52.0. The number of imidazole rings is 1. The van der Waals surface area contributed by atoms with Crippen LogP contribution >= 0.6 is 0 Å². The van der Waals surface area contributed by atoms with Crippen molar-refractivity contribution in [1.82, 2.24) is 14.1 Å². The largest absolute Gasteiger partial charge is 0.510 e. The first kappa shape index (κ1) is 40.2. The van der Waals surface area contributed by atoms with Crippen LogP contribution in [0.4, 0.5) is 0 Å². The van der Waals surface area contributed by atoms with Crippen LogP contribution in [0.5, 0.6) is 11.5 Å². The summed E-state index contributed by atoms with van der Waals surface area (Å²) in [6.07, 6.45) is 5.49. The van der Waals surface area contributed by atoms with Crippen molar-refractivity contribution < 1.29 is 41.3 Å². The Morgan fingerprint density at radius 2 is 1.25 bits per heavy atom. The molecule has 3 aromatic heterocycles. The summed E-state index contributed by atoms with van der Waals surface area (Å²) in [5.41, 5.74) is 9.79. The van der Waals surface area contributed by atoms with Gasteiger partial charge in [-0.05, 0) is 109 Å². The monoisotopic (exact) mass is 1140 g/mol. The number of benzene rings is 8. The molecule has 0 amide bonds. The Hall–Kier alpha value is -7.33. The topological polar surface area (TPSA) is 35.9 Å². The molecule has 6 heteroatoms. The Morgan fingerprint density at radius 1 is 0.562 bits per heavy atom. The molecule has 0 N–H and O–H groups in total. The molecule has 0 saturated heterocycles. The molecule has 0 fully saturated rings. The molecule has 11 rings (SSSR count). The first-order chi connectivity index (χ1) is 37.8. The number of ether oxygens (including phenoxy) is 1. The van der Waals surface area contributed by atoms with E-state index in [-0.39, 0.29) is 54.0 Å². The van der Waals surface area contributed by atoms with Gasteiger partial charge in [-0.2, -0.15) is 18.2 Å². The third-order valence-corrected chi connectivity index (χ3v) is 13.5. The summed E-state index contributed by atoms with van der Waals surface area (Å²) in [6.45, 7) is 16.7. The minimum Gasteiger partial charge on any atom is -0.510 e. The van der Waals surface area contributed by atoms with E-state index in [4.69, 9.17) is 17.9 Å². The average Bonchev–Trinajstić information content (AvgIpc) is 4.23. The molecule has 0 radical (unpaired) electrons. The van der Waals surface area contributed by atoms with E-state index >= 15 is 0 Å². The van der Waals surface area contributed by atoms with Crippen molar-refractivity contribution in [3.8, 4) is 62.1 Å². The molecule has 73 heavy (non-hydrogen) atoms. The van der Waals surface area contributed by atoms with Gasteiger partial charge in [0.05, 0.1) is 23.6 Å². The second-order valence-electron chi connectivity index (χ2n) is 21.6. The van der Waals surface area contributed by atoms with Gasteiger partial charge in [0.1, 0.15) is 5.82 Å². The van der Waals surface area contributed by atoms with E-state index < -0.39 is 37.1 Å². The molecule has 0 spiro atoms. The zero-order valence-corrected chi connectivity index (χ0v) is 44.7. The van der Waals surface area contributed by atoms with Crippen molar-refractivity contribution in [1.29, 1.82) is 0 Å². The molecule has 5 nitrogen and oxygen atoms in total. The SMILES string of the molecule is [2H]c1c([2H])c([2H])c(-c2cc(C([2H])([2H])[2H])cc(-c3cccc(C(C)(C)C)c3)c2-[n+]2[c-]n(-c3[c-]c(Oc4[c-]c5c(cc4)c4ccccc4n5-c4cc(C(C)(C)C)ccn4)ccc3)c3cc(-c4ccc(C(C)(C)C)cc4)ccc32)c([2H])c1[2H].[Pt]. The maximum atomic E-state index is 9.34. The van der Waals surface area contributed by atoms with Crippen LogP contribution in [-0.2, 0) is 37.3 Å². The quantitative estimate of drug-likeness (QED) is 0.112. The van der Waals surface area contributed by atoms with Crippen molar-refractivity contribution in [3.05, 3.63) is 223 Å². The minimum absolute atomic E-state index is 0. The summed E-state index contributed by atoms with van der Waals surface area (Å²) in [4.78, 5) is 4.86. The molecule has 366 valence electrons. The van der Waals surface area contributed by atoms with Gasteiger partial charge >= 0.3 is 0 Å². The number of hydrogen-bond acceptors (Lipinski definition) is 2. The van der Waals surface area contributed by atoms with Gasteiger partial charge in [0, 0.05) is 48.4 Å². The summed E-state index contributed by atoms with van der Waals surface area (Å²) in [5.74, 6) is 1.62. The van der Waals surface area contributed by atoms with Gasteiger partial charge in [0.2, 0.25) is 0 Å². The molecule has 0 aliphatic rings. The summed E-state index contributed by atoms with van der Waals surface area (Å²) >= 11 is 0. The van der Waals surface area contributed by atoms with Crippen LogP contribution < -0.4 is 9.30 Å². The van der Waals surface area contributed by atoms with Gasteiger partial charge in [-0.1, -0.05) is 195 Å². The fourth-order valence-corrected chi connectivity index (χ4v) is 9.54. The van der Waals surface area contributed by atoms with Crippen molar-refractivity contribution in [2.75, 3.05) is 0 Å². The molecule has 0 bridgehead atoms. The fourth-order valence-electron chi connectivity index (χ4n) is 9.54. The molecule has 0 saturated carbocycles. The van der Waals surface area contributed by atoms with Crippen LogP contribution in [0.2, 0.25) is 0 Å². The third kappa shape index (κ3) is 9.48. The van der Waals surface area contributed by atoms with Gasteiger partial charge in [-0.3, -0.25) is 4.57 Å². The Bertz CT molecular complexity index is 4240. The predicted molar refractivity (Wildman–Crippen MR) is 297 cm³/mol. The number of rotatable bonds is 8. The van der Waals surface area contributed by atoms with Crippen LogP contribution in [0.25, 0.3) is 83.4 Å². The van der Waals surface area contributed by atoms with E-state index in [1.54, 1.807) is 6.07 Å². The number of para-hydroxylation sites is 1. The van der Waals surface area contributed by atoms with E-state index in [1.807, 2.05) is 94.2 Å². The molecular formula is C67H60N4OPt-2. The van der Waals surface area contributed by atoms with Crippen LogP contribution in [0.1, 0.15) is 95.5 Å². The Kier molecular flexibility index (Phi) is 10.4. The molecule has 8 aromatic carbocycles. The van der Waals surface area contributed by atoms with E-state index in [0.29, 0.717) is 45.0 Å². The maximum absolute atomic E-state index is 9.34. The normalized spacial score (nSPS) is 13.9. The Labute approximate surface area is 456 Å². The first-order valence-corrected chi connectivity index (χ1v) is 24.4. The molecule has 0 unspecified atom stereocenters. The van der Waals surface area contributed by atoms with Crippen molar-refractivity contribution >= 4 is 32.8 Å². The zero-order valence-electron chi connectivity index (χ0n) is 50.4. The van der Waals surface area contributed by atoms with Gasteiger partial charge in [0.15, 0.2) is 0 Å². The van der Waals surface area contributed by atoms with Crippen LogP contribution in [0.15, 0.2) is 182 Å². The number of aryl methyl sites for hydroxylation is 1. The Balaban J connectivity index is 0.00000736. The van der Waals surface area contributed by atoms with Crippen molar-refractivity contribution in [2.24, 2.45) is 0 Å². The van der Waals surface area contributed by atoms with Crippen LogP contribution in [-0.4, -0.2) is 14.1 Å². The fraction of sp³-hybridized carbons (Fsp3) is 0.194. The van der Waals surface area contributed by atoms with Crippen molar-refractivity contribution in [2.45, 2.75) is 85.4 Å². The number of aromatic nitrogens is 4. The number of pyridine rings is 1. The van der Waals surface area contributed by atoms with Crippen molar-refractivity contribution in [3.63, 3.8) is 0 Å². The minimum atomic E-state index is -2.65. The summed E-state index contributed by atoms with van der Waals surface area (Å²) < 4.78 is 83.7. The van der Waals surface area contributed by atoms with Gasteiger partial charge in [0.25, 0.3) is 6.33 Å². The Morgan fingerprint density at radius 3 is 1.99 bits per heavy atom. The maximum Gasteiger partial charge on any atom is 0.268 e. The van der Waals surface area contributed by atoms with Gasteiger partial charge < -0.3 is 13.9 Å². The van der Waals surface area contributed by atoms with E-state index in [9.17, 15) is 2.74 Å². The number of hydrogen-bond donors (Lipinski definition) is 0.